The van der Waals surface area contributed by atoms with Crippen LogP contribution >= 0.6 is 23.2 Å². The van der Waals surface area contributed by atoms with Gasteiger partial charge in [-0.05, 0) is 42.9 Å². The molecule has 0 amide bonds. The summed E-state index contributed by atoms with van der Waals surface area (Å²) in [6.07, 6.45) is 2.80. The molecule has 4 heteroatoms. The van der Waals surface area contributed by atoms with Crippen molar-refractivity contribution >= 4 is 29.2 Å². The number of benzene rings is 1. The van der Waals surface area contributed by atoms with Gasteiger partial charge in [0, 0.05) is 10.0 Å². The van der Waals surface area contributed by atoms with Gasteiger partial charge in [0.25, 0.3) is 0 Å². The molecule has 0 saturated heterocycles. The third kappa shape index (κ3) is 3.14. The second-order valence-electron chi connectivity index (χ2n) is 4.40. The molecule has 1 aromatic rings. The smallest absolute Gasteiger partial charge is 0.308 e. The van der Waals surface area contributed by atoms with Crippen LogP contribution in [0.15, 0.2) is 18.2 Å². The third-order valence-electron chi connectivity index (χ3n) is 3.23. The van der Waals surface area contributed by atoms with Crippen LogP contribution in [-0.4, -0.2) is 13.1 Å². The fourth-order valence-corrected chi connectivity index (χ4v) is 2.57. The van der Waals surface area contributed by atoms with Gasteiger partial charge >= 0.3 is 5.97 Å². The molecular formula is C13H14Cl2O2. The molecular weight excluding hydrogens is 259 g/mol. The number of methoxy groups -OCH3 is 1. The molecule has 2 unspecified atom stereocenters. The zero-order chi connectivity index (χ0) is 12.4. The predicted octanol–water partition coefficient (Wildman–Crippen LogP) is 3.74. The zero-order valence-corrected chi connectivity index (χ0v) is 11.1. The average molecular weight is 273 g/mol. The molecule has 0 heterocycles. The van der Waals surface area contributed by atoms with Crippen LogP contribution in [0, 0.1) is 11.8 Å². The van der Waals surface area contributed by atoms with E-state index in [1.807, 2.05) is 12.1 Å². The summed E-state index contributed by atoms with van der Waals surface area (Å²) < 4.78 is 4.71. The molecule has 2 atom stereocenters. The van der Waals surface area contributed by atoms with Crippen molar-refractivity contribution in [3.05, 3.63) is 33.8 Å². The lowest BCUT2D eigenvalue weighted by molar-refractivity contribution is -0.142. The lowest BCUT2D eigenvalue weighted by atomic mass is 10.1. The van der Waals surface area contributed by atoms with E-state index in [1.165, 1.54) is 7.11 Å². The highest BCUT2D eigenvalue weighted by molar-refractivity contribution is 6.35. The van der Waals surface area contributed by atoms with E-state index in [9.17, 15) is 4.79 Å². The molecule has 1 aliphatic carbocycles. The molecule has 0 radical (unpaired) electrons. The van der Waals surface area contributed by atoms with E-state index >= 15 is 0 Å². The molecule has 0 bridgehead atoms. The third-order valence-corrected chi connectivity index (χ3v) is 3.81. The van der Waals surface area contributed by atoms with Crippen LogP contribution in [-0.2, 0) is 16.0 Å². The molecule has 1 saturated carbocycles. The van der Waals surface area contributed by atoms with Crippen LogP contribution in [0.25, 0.3) is 0 Å². The maximum atomic E-state index is 11.2. The van der Waals surface area contributed by atoms with E-state index in [0.717, 1.165) is 24.8 Å². The summed E-state index contributed by atoms with van der Waals surface area (Å²) in [5.74, 6) is 0.470. The van der Waals surface area contributed by atoms with Crippen LogP contribution in [0.5, 0.6) is 0 Å². The van der Waals surface area contributed by atoms with Crippen molar-refractivity contribution in [2.45, 2.75) is 19.3 Å². The number of hydrogen-bond acceptors (Lipinski definition) is 2. The predicted molar refractivity (Wildman–Crippen MR) is 68.4 cm³/mol. The van der Waals surface area contributed by atoms with Crippen LogP contribution in [0.4, 0.5) is 0 Å². The number of halogens is 2. The van der Waals surface area contributed by atoms with Crippen LogP contribution < -0.4 is 0 Å². The first-order chi connectivity index (χ1) is 8.11. The molecule has 0 N–H and O–H groups in total. The van der Waals surface area contributed by atoms with Crippen LogP contribution in [0.1, 0.15) is 18.4 Å². The first kappa shape index (κ1) is 12.7. The summed E-state index contributed by atoms with van der Waals surface area (Å²) >= 11 is 11.9. The molecule has 92 valence electrons. The van der Waals surface area contributed by atoms with Gasteiger partial charge in [0.15, 0.2) is 0 Å². The lowest BCUT2D eigenvalue weighted by Crippen LogP contribution is -2.04. The Labute approximate surface area is 111 Å². The summed E-state index contributed by atoms with van der Waals surface area (Å²) in [7, 11) is 1.44. The summed E-state index contributed by atoms with van der Waals surface area (Å²) in [6.45, 7) is 0. The number of rotatable bonds is 4. The second-order valence-corrected chi connectivity index (χ2v) is 5.24. The Bertz CT molecular complexity index is 431. The number of hydrogen-bond donors (Lipinski definition) is 0. The SMILES string of the molecule is COC(=O)C1CC1CCc1ccc(Cl)cc1Cl. The average Bonchev–Trinajstić information content (AvgIpc) is 3.06. The van der Waals surface area contributed by atoms with Gasteiger partial charge in [-0.25, -0.2) is 0 Å². The van der Waals surface area contributed by atoms with Gasteiger partial charge in [0.05, 0.1) is 13.0 Å². The molecule has 1 aromatic carbocycles. The summed E-state index contributed by atoms with van der Waals surface area (Å²) in [4.78, 5) is 11.2. The summed E-state index contributed by atoms with van der Waals surface area (Å²) in [6, 6.07) is 5.54. The van der Waals surface area contributed by atoms with Gasteiger partial charge < -0.3 is 4.74 Å². The van der Waals surface area contributed by atoms with E-state index in [0.29, 0.717) is 16.0 Å². The Morgan fingerprint density at radius 1 is 1.47 bits per heavy atom. The molecule has 2 rings (SSSR count). The highest BCUT2D eigenvalue weighted by Gasteiger charge is 2.43. The number of carbonyl (C=O) groups excluding carboxylic acids is 1. The fraction of sp³-hybridized carbons (Fsp3) is 0.462. The minimum absolute atomic E-state index is 0.0859. The maximum absolute atomic E-state index is 11.2. The molecule has 1 fully saturated rings. The van der Waals surface area contributed by atoms with Crippen LogP contribution in [0.3, 0.4) is 0 Å². The lowest BCUT2D eigenvalue weighted by Gasteiger charge is -2.04. The Morgan fingerprint density at radius 2 is 2.24 bits per heavy atom. The standard InChI is InChI=1S/C13H14Cl2O2/c1-17-13(16)11-6-9(11)3-2-8-4-5-10(14)7-12(8)15/h4-5,7,9,11H,2-3,6H2,1H3. The minimum Gasteiger partial charge on any atom is -0.469 e. The Kier molecular flexibility index (Phi) is 3.95. The number of esters is 1. The number of aryl methyl sites for hydroxylation is 1. The normalized spacial score (nSPS) is 22.3. The minimum atomic E-state index is -0.0859. The van der Waals surface area contributed by atoms with Gasteiger partial charge in [0.2, 0.25) is 0 Å². The van der Waals surface area contributed by atoms with Gasteiger partial charge in [-0.3, -0.25) is 4.79 Å². The molecule has 17 heavy (non-hydrogen) atoms. The van der Waals surface area contributed by atoms with Crippen molar-refractivity contribution in [2.24, 2.45) is 11.8 Å². The fourth-order valence-electron chi connectivity index (χ4n) is 2.07. The molecule has 0 spiro atoms. The molecule has 0 aromatic heterocycles. The van der Waals surface area contributed by atoms with E-state index in [1.54, 1.807) is 6.07 Å². The summed E-state index contributed by atoms with van der Waals surface area (Å²) in [5, 5.41) is 1.35. The monoisotopic (exact) mass is 272 g/mol. The van der Waals surface area contributed by atoms with Crippen molar-refractivity contribution in [1.29, 1.82) is 0 Å². The largest absolute Gasteiger partial charge is 0.469 e. The highest BCUT2D eigenvalue weighted by Crippen LogP contribution is 2.43. The van der Waals surface area contributed by atoms with Gasteiger partial charge in [-0.1, -0.05) is 29.3 Å². The van der Waals surface area contributed by atoms with Gasteiger partial charge in [0.1, 0.15) is 0 Å². The maximum Gasteiger partial charge on any atom is 0.308 e. The van der Waals surface area contributed by atoms with Gasteiger partial charge in [-0.15, -0.1) is 0 Å². The topological polar surface area (TPSA) is 26.3 Å². The first-order valence-corrected chi connectivity index (χ1v) is 6.39. The Morgan fingerprint density at radius 3 is 2.88 bits per heavy atom. The Balaban J connectivity index is 1.85. The van der Waals surface area contributed by atoms with Crippen LogP contribution in [0.2, 0.25) is 10.0 Å². The van der Waals surface area contributed by atoms with E-state index in [2.05, 4.69) is 0 Å². The van der Waals surface area contributed by atoms with Crippen molar-refractivity contribution in [3.63, 3.8) is 0 Å². The molecule has 2 nitrogen and oxygen atoms in total. The van der Waals surface area contributed by atoms with Crippen molar-refractivity contribution in [1.82, 2.24) is 0 Å². The van der Waals surface area contributed by atoms with Crippen molar-refractivity contribution in [3.8, 4) is 0 Å². The molecule has 1 aliphatic rings. The van der Waals surface area contributed by atoms with Crippen molar-refractivity contribution < 1.29 is 9.53 Å². The van der Waals surface area contributed by atoms with E-state index in [4.69, 9.17) is 27.9 Å². The first-order valence-electron chi connectivity index (χ1n) is 5.63. The molecule has 0 aliphatic heterocycles. The number of ether oxygens (including phenoxy) is 1. The summed E-state index contributed by atoms with van der Waals surface area (Å²) in [5.41, 5.74) is 1.09. The van der Waals surface area contributed by atoms with E-state index in [-0.39, 0.29) is 11.9 Å². The number of carbonyl (C=O) groups is 1. The van der Waals surface area contributed by atoms with E-state index < -0.39 is 0 Å². The van der Waals surface area contributed by atoms with Crippen molar-refractivity contribution in [2.75, 3.05) is 7.11 Å². The Hall–Kier alpha value is -0.730. The second kappa shape index (κ2) is 5.28. The quantitative estimate of drug-likeness (QED) is 0.781. The van der Waals surface area contributed by atoms with Gasteiger partial charge in [-0.2, -0.15) is 0 Å². The highest BCUT2D eigenvalue weighted by atomic mass is 35.5. The zero-order valence-electron chi connectivity index (χ0n) is 9.58.